The molecule has 1 N–H and O–H groups in total. The fourth-order valence-corrected chi connectivity index (χ4v) is 2.47. The average molecular weight is 245 g/mol. The zero-order chi connectivity index (χ0) is 12.8. The van der Waals surface area contributed by atoms with Crippen LogP contribution < -0.4 is 10.1 Å². The molecule has 1 fully saturated rings. The molecule has 2 heteroatoms. The van der Waals surface area contributed by atoms with Gasteiger partial charge in [0.05, 0.1) is 7.11 Å². The molecule has 0 atom stereocenters. The van der Waals surface area contributed by atoms with Gasteiger partial charge in [0.1, 0.15) is 5.75 Å². The Labute approximate surface area is 110 Å². The van der Waals surface area contributed by atoms with Crippen LogP contribution in [0.25, 0.3) is 0 Å². The van der Waals surface area contributed by atoms with Gasteiger partial charge in [-0.25, -0.2) is 0 Å². The summed E-state index contributed by atoms with van der Waals surface area (Å²) in [5.74, 6) is 1.68. The number of hydrogen-bond acceptors (Lipinski definition) is 2. The molecule has 0 heterocycles. The van der Waals surface area contributed by atoms with Crippen molar-refractivity contribution < 1.29 is 4.74 Å². The third kappa shape index (κ3) is 3.36. The van der Waals surface area contributed by atoms with Gasteiger partial charge in [-0.15, -0.1) is 0 Å². The average Bonchev–Trinajstić information content (AvgIpc) is 2.37. The van der Waals surface area contributed by atoms with Crippen LogP contribution in [0.4, 0.5) is 0 Å². The summed E-state index contributed by atoms with van der Waals surface area (Å²) in [4.78, 5) is 0. The second-order valence-electron chi connectivity index (χ2n) is 4.95. The van der Waals surface area contributed by atoms with Crippen molar-refractivity contribution in [3.8, 4) is 5.75 Å². The summed E-state index contributed by atoms with van der Waals surface area (Å²) >= 11 is 0. The van der Waals surface area contributed by atoms with E-state index in [2.05, 4.69) is 48.7 Å². The Bertz CT molecular complexity index is 377. The van der Waals surface area contributed by atoms with Gasteiger partial charge in [0.15, 0.2) is 0 Å². The normalized spacial score (nSPS) is 23.0. The summed E-state index contributed by atoms with van der Waals surface area (Å²) in [5.41, 5.74) is 1.45. The van der Waals surface area contributed by atoms with Crippen LogP contribution in [0.15, 0.2) is 36.4 Å². The van der Waals surface area contributed by atoms with E-state index < -0.39 is 0 Å². The van der Waals surface area contributed by atoms with Crippen molar-refractivity contribution in [1.82, 2.24) is 5.32 Å². The molecule has 0 amide bonds. The van der Waals surface area contributed by atoms with E-state index in [1.54, 1.807) is 7.11 Å². The molecule has 98 valence electrons. The first-order valence-electron chi connectivity index (χ1n) is 6.82. The van der Waals surface area contributed by atoms with Crippen molar-refractivity contribution >= 4 is 0 Å². The van der Waals surface area contributed by atoms with Gasteiger partial charge in [-0.1, -0.05) is 24.3 Å². The van der Waals surface area contributed by atoms with Gasteiger partial charge in [-0.2, -0.15) is 0 Å². The molecule has 0 saturated heterocycles. The number of methoxy groups -OCH3 is 1. The van der Waals surface area contributed by atoms with Crippen molar-refractivity contribution in [2.75, 3.05) is 13.7 Å². The maximum absolute atomic E-state index is 5.18. The number of benzene rings is 1. The third-order valence-corrected chi connectivity index (χ3v) is 3.70. The molecule has 1 aromatic rings. The van der Waals surface area contributed by atoms with Gasteiger partial charge >= 0.3 is 0 Å². The Balaban J connectivity index is 1.71. The van der Waals surface area contributed by atoms with E-state index in [-0.39, 0.29) is 0 Å². The van der Waals surface area contributed by atoms with Gasteiger partial charge in [-0.3, -0.25) is 0 Å². The standard InChI is InChI=1S/C16H23NO/c1-3-4-5-10-17-15-11-14(12-15)13-6-8-16(18-2)9-7-13/h3-4,6-9,14-15,17H,5,10-12H2,1-2H3/b4-3+. The number of allylic oxidation sites excluding steroid dienone is 1. The quantitative estimate of drug-likeness (QED) is 0.612. The van der Waals surface area contributed by atoms with Crippen LogP contribution in [-0.4, -0.2) is 19.7 Å². The first kappa shape index (κ1) is 13.2. The minimum Gasteiger partial charge on any atom is -0.497 e. The lowest BCUT2D eigenvalue weighted by molar-refractivity contribution is 0.293. The van der Waals surface area contributed by atoms with E-state index >= 15 is 0 Å². The summed E-state index contributed by atoms with van der Waals surface area (Å²) in [6.45, 7) is 3.17. The second-order valence-corrected chi connectivity index (χ2v) is 4.95. The summed E-state index contributed by atoms with van der Waals surface area (Å²) in [6.07, 6.45) is 8.00. The Kier molecular flexibility index (Phi) is 4.82. The van der Waals surface area contributed by atoms with Crippen LogP contribution in [0.5, 0.6) is 5.75 Å². The van der Waals surface area contributed by atoms with E-state index in [1.807, 2.05) is 0 Å². The SMILES string of the molecule is C/C=C/CCNC1CC(c2ccc(OC)cc2)C1. The second kappa shape index (κ2) is 6.60. The van der Waals surface area contributed by atoms with Gasteiger partial charge in [0, 0.05) is 6.04 Å². The molecule has 1 aromatic carbocycles. The molecule has 0 aromatic heterocycles. The highest BCUT2D eigenvalue weighted by Crippen LogP contribution is 2.37. The molecule has 0 bridgehead atoms. The first-order valence-corrected chi connectivity index (χ1v) is 6.82. The molecule has 0 aliphatic heterocycles. The Morgan fingerprint density at radius 3 is 2.61 bits per heavy atom. The summed E-state index contributed by atoms with van der Waals surface area (Å²) < 4.78 is 5.18. The van der Waals surface area contributed by atoms with E-state index in [0.717, 1.165) is 24.6 Å². The fourth-order valence-electron chi connectivity index (χ4n) is 2.47. The lowest BCUT2D eigenvalue weighted by Crippen LogP contribution is -2.40. The minimum absolute atomic E-state index is 0.711. The largest absolute Gasteiger partial charge is 0.497 e. The highest BCUT2D eigenvalue weighted by Gasteiger charge is 2.29. The van der Waals surface area contributed by atoms with E-state index in [1.165, 1.54) is 18.4 Å². The molecule has 1 saturated carbocycles. The summed E-state index contributed by atoms with van der Waals surface area (Å²) in [7, 11) is 1.71. The Morgan fingerprint density at radius 2 is 2.00 bits per heavy atom. The molecule has 2 nitrogen and oxygen atoms in total. The number of rotatable bonds is 6. The van der Waals surface area contributed by atoms with Gasteiger partial charge < -0.3 is 10.1 Å². The minimum atomic E-state index is 0.711. The van der Waals surface area contributed by atoms with E-state index in [0.29, 0.717) is 6.04 Å². The predicted molar refractivity (Wildman–Crippen MR) is 76.2 cm³/mol. The first-order chi connectivity index (χ1) is 8.83. The van der Waals surface area contributed by atoms with Crippen molar-refractivity contribution in [3.05, 3.63) is 42.0 Å². The lowest BCUT2D eigenvalue weighted by atomic mass is 9.76. The number of ether oxygens (including phenoxy) is 1. The van der Waals surface area contributed by atoms with Crippen LogP contribution in [-0.2, 0) is 0 Å². The fraction of sp³-hybridized carbons (Fsp3) is 0.500. The molecule has 2 rings (SSSR count). The lowest BCUT2D eigenvalue weighted by Gasteiger charge is -2.36. The van der Waals surface area contributed by atoms with Crippen LogP contribution in [0.2, 0.25) is 0 Å². The van der Waals surface area contributed by atoms with Gasteiger partial charge in [-0.05, 0) is 56.3 Å². The van der Waals surface area contributed by atoms with Crippen molar-refractivity contribution in [2.24, 2.45) is 0 Å². The van der Waals surface area contributed by atoms with E-state index in [4.69, 9.17) is 4.74 Å². The molecule has 1 aliphatic rings. The molecule has 0 unspecified atom stereocenters. The van der Waals surface area contributed by atoms with Crippen LogP contribution in [0.3, 0.4) is 0 Å². The smallest absolute Gasteiger partial charge is 0.118 e. The van der Waals surface area contributed by atoms with Crippen LogP contribution >= 0.6 is 0 Å². The maximum atomic E-state index is 5.18. The Hall–Kier alpha value is -1.28. The number of hydrogen-bond donors (Lipinski definition) is 1. The molecule has 0 radical (unpaired) electrons. The van der Waals surface area contributed by atoms with Gasteiger partial charge in [0.2, 0.25) is 0 Å². The summed E-state index contributed by atoms with van der Waals surface area (Å²) in [5, 5.41) is 3.60. The van der Waals surface area contributed by atoms with Crippen molar-refractivity contribution in [1.29, 1.82) is 0 Å². The van der Waals surface area contributed by atoms with Crippen LogP contribution in [0.1, 0.15) is 37.7 Å². The molecular weight excluding hydrogens is 222 g/mol. The maximum Gasteiger partial charge on any atom is 0.118 e. The van der Waals surface area contributed by atoms with E-state index in [9.17, 15) is 0 Å². The zero-order valence-electron chi connectivity index (χ0n) is 11.4. The summed E-state index contributed by atoms with van der Waals surface area (Å²) in [6, 6.07) is 9.21. The van der Waals surface area contributed by atoms with Gasteiger partial charge in [0.25, 0.3) is 0 Å². The molecular formula is C16H23NO. The monoisotopic (exact) mass is 245 g/mol. The predicted octanol–water partition coefficient (Wildman–Crippen LogP) is 3.50. The van der Waals surface area contributed by atoms with Crippen LogP contribution in [0, 0.1) is 0 Å². The topological polar surface area (TPSA) is 21.3 Å². The Morgan fingerprint density at radius 1 is 1.28 bits per heavy atom. The van der Waals surface area contributed by atoms with Crippen molar-refractivity contribution in [3.63, 3.8) is 0 Å². The molecule has 1 aliphatic carbocycles. The molecule has 0 spiro atoms. The molecule has 18 heavy (non-hydrogen) atoms. The highest BCUT2D eigenvalue weighted by atomic mass is 16.5. The zero-order valence-corrected chi connectivity index (χ0v) is 11.4. The van der Waals surface area contributed by atoms with Crippen molar-refractivity contribution in [2.45, 2.75) is 38.1 Å². The third-order valence-electron chi connectivity index (χ3n) is 3.70. The number of nitrogens with one attached hydrogen (secondary N) is 1. The highest BCUT2D eigenvalue weighted by molar-refractivity contribution is 5.30.